The van der Waals surface area contributed by atoms with Crippen molar-refractivity contribution in [2.24, 2.45) is 0 Å². The number of nitrogens with one attached hydrogen (secondary N) is 2. The van der Waals surface area contributed by atoms with Crippen molar-refractivity contribution in [3.8, 4) is 11.4 Å². The Morgan fingerprint density at radius 2 is 1.51 bits per heavy atom. The molecule has 37 heavy (non-hydrogen) atoms. The number of nitrogens with zero attached hydrogens (tertiary/aromatic N) is 5. The van der Waals surface area contributed by atoms with E-state index in [1.165, 1.54) is 28.9 Å². The minimum Gasteiger partial charge on any atom is -0.328 e. The van der Waals surface area contributed by atoms with Gasteiger partial charge in [0.2, 0.25) is 5.95 Å². The van der Waals surface area contributed by atoms with Gasteiger partial charge in [-0.15, -0.1) is 5.10 Å². The molecule has 12 nitrogen and oxygen atoms in total. The van der Waals surface area contributed by atoms with Crippen LogP contribution in [0.5, 0.6) is 0 Å². The summed E-state index contributed by atoms with van der Waals surface area (Å²) in [6.45, 7) is 1.74. The van der Waals surface area contributed by atoms with E-state index in [1.807, 2.05) is 6.07 Å². The first-order valence-electron chi connectivity index (χ1n) is 11.1. The van der Waals surface area contributed by atoms with Gasteiger partial charge in [-0.25, -0.2) is 4.68 Å². The molecule has 0 saturated carbocycles. The lowest BCUT2D eigenvalue weighted by Gasteiger charge is -2.28. The summed E-state index contributed by atoms with van der Waals surface area (Å²) in [6.07, 6.45) is 0. The summed E-state index contributed by atoms with van der Waals surface area (Å²) in [5.74, 6) is 0.268. The lowest BCUT2D eigenvalue weighted by molar-refractivity contribution is -0.385. The second-order valence-corrected chi connectivity index (χ2v) is 8.24. The van der Waals surface area contributed by atoms with Gasteiger partial charge in [-0.3, -0.25) is 25.0 Å². The van der Waals surface area contributed by atoms with Gasteiger partial charge in [-0.1, -0.05) is 18.2 Å². The predicted molar refractivity (Wildman–Crippen MR) is 135 cm³/mol. The molecule has 184 valence electrons. The number of fused-ring (bicyclic) bond motifs is 1. The summed E-state index contributed by atoms with van der Waals surface area (Å²) < 4.78 is 1.53. The Hall–Kier alpha value is -5.39. The van der Waals surface area contributed by atoms with Crippen LogP contribution >= 0.6 is 0 Å². The summed E-state index contributed by atoms with van der Waals surface area (Å²) in [5.41, 5.74) is 2.48. The second-order valence-electron chi connectivity index (χ2n) is 8.24. The van der Waals surface area contributed by atoms with Gasteiger partial charge in [-0.05, 0) is 48.9 Å². The number of hydrogen-bond donors (Lipinski definition) is 2. The first-order valence-corrected chi connectivity index (χ1v) is 11.1. The van der Waals surface area contributed by atoms with Crippen LogP contribution in [0.25, 0.3) is 11.4 Å². The van der Waals surface area contributed by atoms with E-state index in [2.05, 4.69) is 20.7 Å². The van der Waals surface area contributed by atoms with Crippen molar-refractivity contribution in [1.82, 2.24) is 14.8 Å². The number of benzene rings is 3. The molecule has 1 amide bonds. The van der Waals surface area contributed by atoms with Crippen molar-refractivity contribution in [2.75, 3.05) is 10.6 Å². The van der Waals surface area contributed by atoms with Gasteiger partial charge in [0.1, 0.15) is 6.04 Å². The van der Waals surface area contributed by atoms with Crippen LogP contribution < -0.4 is 10.6 Å². The normalized spacial score (nSPS) is 14.5. The van der Waals surface area contributed by atoms with Crippen molar-refractivity contribution < 1.29 is 14.6 Å². The number of aromatic nitrogens is 3. The van der Waals surface area contributed by atoms with Crippen LogP contribution in [0.15, 0.2) is 90.1 Å². The highest BCUT2D eigenvalue weighted by molar-refractivity contribution is 6.06. The number of amides is 1. The van der Waals surface area contributed by atoms with Crippen LogP contribution in [-0.4, -0.2) is 30.5 Å². The van der Waals surface area contributed by atoms with E-state index in [0.29, 0.717) is 39.9 Å². The second kappa shape index (κ2) is 9.34. The van der Waals surface area contributed by atoms with Crippen LogP contribution in [0.4, 0.5) is 23.0 Å². The molecule has 1 aromatic heterocycles. The number of allylic oxidation sites excluding steroid dienone is 1. The minimum absolute atomic E-state index is 0.0630. The van der Waals surface area contributed by atoms with Crippen LogP contribution in [0.3, 0.4) is 0 Å². The molecular formula is C25H19N7O5. The summed E-state index contributed by atoms with van der Waals surface area (Å²) in [7, 11) is 0. The van der Waals surface area contributed by atoms with E-state index in [-0.39, 0.29) is 17.3 Å². The molecule has 0 spiro atoms. The first-order chi connectivity index (χ1) is 17.8. The van der Waals surface area contributed by atoms with Crippen LogP contribution in [0, 0.1) is 20.2 Å². The molecule has 2 N–H and O–H groups in total. The fraction of sp³-hybridized carbons (Fsp3) is 0.0800. The maximum absolute atomic E-state index is 13.5. The van der Waals surface area contributed by atoms with Gasteiger partial charge in [0.25, 0.3) is 17.3 Å². The standard InChI is InChI=1S/C25H19N7O5/c1-15-21(24(33)27-18-5-3-2-4-6-18)22(16-7-11-19(12-8-16)31(34)35)30-25(26-15)28-23(29-30)17-9-13-20(14-10-17)32(36)37/h2-14,22H,1H3,(H,27,33)(H,26,28,29). The van der Waals surface area contributed by atoms with Gasteiger partial charge in [-0.2, -0.15) is 4.98 Å². The Labute approximate surface area is 209 Å². The lowest BCUT2D eigenvalue weighted by Crippen LogP contribution is -2.31. The van der Waals surface area contributed by atoms with Crippen LogP contribution in [0.2, 0.25) is 0 Å². The molecule has 1 aliphatic rings. The topological polar surface area (TPSA) is 158 Å². The Morgan fingerprint density at radius 1 is 0.919 bits per heavy atom. The van der Waals surface area contributed by atoms with Gasteiger partial charge in [0.05, 0.1) is 15.4 Å². The number of carbonyl (C=O) groups excluding carboxylic acids is 1. The molecule has 3 aromatic carbocycles. The summed E-state index contributed by atoms with van der Waals surface area (Å²) in [4.78, 5) is 39.2. The van der Waals surface area contributed by atoms with Gasteiger partial charge < -0.3 is 10.6 Å². The first kappa shape index (κ1) is 23.4. The van der Waals surface area contributed by atoms with E-state index in [9.17, 15) is 25.0 Å². The number of anilines is 2. The highest BCUT2D eigenvalue weighted by atomic mass is 16.6. The third-order valence-corrected chi connectivity index (χ3v) is 5.88. The molecular weight excluding hydrogens is 478 g/mol. The van der Waals surface area contributed by atoms with Gasteiger partial charge >= 0.3 is 0 Å². The number of nitro benzene ring substituents is 2. The van der Waals surface area contributed by atoms with Crippen molar-refractivity contribution in [3.63, 3.8) is 0 Å². The van der Waals surface area contributed by atoms with E-state index < -0.39 is 15.9 Å². The molecule has 5 rings (SSSR count). The molecule has 1 unspecified atom stereocenters. The highest BCUT2D eigenvalue weighted by Crippen LogP contribution is 2.37. The molecule has 1 aliphatic heterocycles. The average Bonchev–Trinajstić information content (AvgIpc) is 3.32. The van der Waals surface area contributed by atoms with E-state index in [1.54, 1.807) is 55.5 Å². The maximum Gasteiger partial charge on any atom is 0.269 e. The van der Waals surface area contributed by atoms with Crippen molar-refractivity contribution in [1.29, 1.82) is 0 Å². The number of hydrogen-bond acceptors (Lipinski definition) is 8. The number of rotatable bonds is 6. The summed E-state index contributed by atoms with van der Waals surface area (Å²) in [6, 6.07) is 19.9. The largest absolute Gasteiger partial charge is 0.328 e. The number of carbonyl (C=O) groups is 1. The van der Waals surface area contributed by atoms with E-state index in [4.69, 9.17) is 0 Å². The van der Waals surface area contributed by atoms with Gasteiger partial charge in [0.15, 0.2) is 5.82 Å². The van der Waals surface area contributed by atoms with Crippen molar-refractivity contribution >= 4 is 28.9 Å². The highest BCUT2D eigenvalue weighted by Gasteiger charge is 2.34. The maximum atomic E-state index is 13.5. The summed E-state index contributed by atoms with van der Waals surface area (Å²) >= 11 is 0. The van der Waals surface area contributed by atoms with Crippen LogP contribution in [0.1, 0.15) is 18.5 Å². The molecule has 0 aliphatic carbocycles. The van der Waals surface area contributed by atoms with Crippen molar-refractivity contribution in [2.45, 2.75) is 13.0 Å². The average molecular weight is 497 g/mol. The number of para-hydroxylation sites is 1. The zero-order valence-corrected chi connectivity index (χ0v) is 19.4. The fourth-order valence-corrected chi connectivity index (χ4v) is 4.11. The van der Waals surface area contributed by atoms with Crippen LogP contribution in [-0.2, 0) is 4.79 Å². The molecule has 4 aromatic rings. The summed E-state index contributed by atoms with van der Waals surface area (Å²) in [5, 5.41) is 32.8. The number of non-ortho nitro benzene ring substituents is 2. The molecule has 0 bridgehead atoms. The Morgan fingerprint density at radius 3 is 2.11 bits per heavy atom. The SMILES string of the molecule is CC1=C(C(=O)Nc2ccccc2)C(c2ccc([N+](=O)[O-])cc2)n2nc(-c3ccc([N+](=O)[O-])cc3)nc2N1. The molecule has 0 saturated heterocycles. The third-order valence-electron chi connectivity index (χ3n) is 5.88. The zero-order chi connectivity index (χ0) is 26.1. The predicted octanol–water partition coefficient (Wildman–Crippen LogP) is 4.69. The minimum atomic E-state index is -0.750. The number of nitro groups is 2. The third kappa shape index (κ3) is 4.50. The lowest BCUT2D eigenvalue weighted by atomic mass is 9.95. The molecule has 1 atom stereocenters. The monoisotopic (exact) mass is 497 g/mol. The molecule has 0 fully saturated rings. The Balaban J connectivity index is 1.59. The molecule has 0 radical (unpaired) electrons. The Bertz CT molecular complexity index is 1540. The van der Waals surface area contributed by atoms with Crippen molar-refractivity contribution in [3.05, 3.63) is 116 Å². The quantitative estimate of drug-likeness (QED) is 0.287. The molecule has 12 heteroatoms. The van der Waals surface area contributed by atoms with E-state index >= 15 is 0 Å². The fourth-order valence-electron chi connectivity index (χ4n) is 4.11. The zero-order valence-electron chi connectivity index (χ0n) is 19.4. The van der Waals surface area contributed by atoms with E-state index in [0.717, 1.165) is 0 Å². The smallest absolute Gasteiger partial charge is 0.269 e. The molecule has 2 heterocycles. The Kier molecular flexibility index (Phi) is 5.89. The van der Waals surface area contributed by atoms with Gasteiger partial charge in [0, 0.05) is 41.2 Å².